The number of amides is 1. The third kappa shape index (κ3) is 5.23. The van der Waals surface area contributed by atoms with Crippen molar-refractivity contribution in [3.63, 3.8) is 0 Å². The van der Waals surface area contributed by atoms with Crippen molar-refractivity contribution in [1.82, 2.24) is 9.21 Å². The van der Waals surface area contributed by atoms with Crippen molar-refractivity contribution in [2.24, 2.45) is 5.92 Å². The van der Waals surface area contributed by atoms with E-state index in [4.69, 9.17) is 0 Å². The van der Waals surface area contributed by atoms with E-state index in [0.29, 0.717) is 23.9 Å². The Bertz CT molecular complexity index is 725. The lowest BCUT2D eigenvalue weighted by Crippen LogP contribution is -2.41. The van der Waals surface area contributed by atoms with Crippen LogP contribution in [-0.2, 0) is 14.8 Å². The fraction of sp³-hybridized carbons (Fsp3) is 0.650. The van der Waals surface area contributed by atoms with Gasteiger partial charge in [0.05, 0.1) is 11.4 Å². The average Bonchev–Trinajstić information content (AvgIpc) is 2.96. The summed E-state index contributed by atoms with van der Waals surface area (Å²) >= 11 is 0. The van der Waals surface area contributed by atoms with Gasteiger partial charge in [-0.3, -0.25) is 4.79 Å². The first kappa shape index (κ1) is 20.1. The number of piperidine rings is 1. The summed E-state index contributed by atoms with van der Waals surface area (Å²) in [5.41, 5.74) is 0.767. The smallest absolute Gasteiger partial charge is 0.243 e. The summed E-state index contributed by atoms with van der Waals surface area (Å²) in [5, 5.41) is 3.13. The Labute approximate surface area is 163 Å². The van der Waals surface area contributed by atoms with Gasteiger partial charge in [-0.05, 0) is 55.9 Å². The van der Waals surface area contributed by atoms with Gasteiger partial charge in [0, 0.05) is 31.9 Å². The number of hydrogen-bond donors (Lipinski definition) is 1. The molecule has 0 saturated carbocycles. The second-order valence-corrected chi connectivity index (χ2v) is 9.72. The van der Waals surface area contributed by atoms with Gasteiger partial charge in [0.25, 0.3) is 0 Å². The molecule has 2 fully saturated rings. The Morgan fingerprint density at radius 2 is 1.70 bits per heavy atom. The topological polar surface area (TPSA) is 69.7 Å². The number of benzene rings is 1. The van der Waals surface area contributed by atoms with Crippen LogP contribution in [0.25, 0.3) is 0 Å². The van der Waals surface area contributed by atoms with Gasteiger partial charge in [-0.25, -0.2) is 8.42 Å². The van der Waals surface area contributed by atoms with Crippen LogP contribution < -0.4 is 5.32 Å². The number of rotatable bonds is 5. The summed E-state index contributed by atoms with van der Waals surface area (Å²) in [5.74, 6) is 0.661. The van der Waals surface area contributed by atoms with Crippen LogP contribution in [0.15, 0.2) is 29.2 Å². The zero-order chi connectivity index (χ0) is 19.3. The molecule has 2 aliphatic rings. The highest BCUT2D eigenvalue weighted by molar-refractivity contribution is 7.89. The van der Waals surface area contributed by atoms with E-state index in [1.165, 1.54) is 6.42 Å². The number of sulfonamides is 1. The van der Waals surface area contributed by atoms with Gasteiger partial charge in [0.15, 0.2) is 0 Å². The predicted octanol–water partition coefficient (Wildman–Crippen LogP) is 2.92. The van der Waals surface area contributed by atoms with Gasteiger partial charge in [-0.15, -0.1) is 0 Å². The van der Waals surface area contributed by atoms with E-state index in [-0.39, 0.29) is 12.5 Å². The van der Waals surface area contributed by atoms with Gasteiger partial charge in [0.2, 0.25) is 15.9 Å². The van der Waals surface area contributed by atoms with Crippen LogP contribution in [0, 0.1) is 5.92 Å². The lowest BCUT2D eigenvalue weighted by Gasteiger charge is -2.31. The molecule has 0 bridgehead atoms. The van der Waals surface area contributed by atoms with Gasteiger partial charge in [0.1, 0.15) is 0 Å². The molecule has 150 valence electrons. The number of carbonyl (C=O) groups is 1. The molecule has 2 aliphatic heterocycles. The maximum atomic E-state index is 12.8. The molecule has 0 radical (unpaired) electrons. The van der Waals surface area contributed by atoms with Gasteiger partial charge < -0.3 is 10.2 Å². The molecule has 2 heterocycles. The van der Waals surface area contributed by atoms with E-state index in [1.807, 2.05) is 4.90 Å². The van der Waals surface area contributed by atoms with Gasteiger partial charge in [-0.1, -0.05) is 19.8 Å². The zero-order valence-corrected chi connectivity index (χ0v) is 17.0. The molecule has 1 amide bonds. The molecule has 7 heteroatoms. The maximum absolute atomic E-state index is 12.8. The fourth-order valence-corrected chi connectivity index (χ4v) is 5.40. The van der Waals surface area contributed by atoms with Crippen LogP contribution in [0.3, 0.4) is 0 Å². The second-order valence-electron chi connectivity index (χ2n) is 7.78. The first-order chi connectivity index (χ1) is 13.0. The number of hydrogen-bond acceptors (Lipinski definition) is 4. The van der Waals surface area contributed by atoms with Gasteiger partial charge in [-0.2, -0.15) is 4.31 Å². The molecule has 1 aromatic rings. The van der Waals surface area contributed by atoms with Gasteiger partial charge >= 0.3 is 0 Å². The summed E-state index contributed by atoms with van der Waals surface area (Å²) in [6.45, 7) is 5.28. The van der Waals surface area contributed by atoms with E-state index < -0.39 is 10.0 Å². The SMILES string of the molecule is C[C@H]1CCCN(C(=O)CNc2ccc(S(=O)(=O)N3CCCCCC3)cc2)C1. The lowest BCUT2D eigenvalue weighted by atomic mass is 10.0. The van der Waals surface area contributed by atoms with Crippen LogP contribution >= 0.6 is 0 Å². The molecule has 0 aliphatic carbocycles. The summed E-state index contributed by atoms with van der Waals surface area (Å²) < 4.78 is 27.2. The molecule has 1 N–H and O–H groups in total. The van der Waals surface area contributed by atoms with E-state index >= 15 is 0 Å². The Morgan fingerprint density at radius 1 is 1.04 bits per heavy atom. The number of likely N-dealkylation sites (tertiary alicyclic amines) is 1. The highest BCUT2D eigenvalue weighted by atomic mass is 32.2. The zero-order valence-electron chi connectivity index (χ0n) is 16.2. The minimum atomic E-state index is -3.43. The Kier molecular flexibility index (Phi) is 6.76. The van der Waals surface area contributed by atoms with Crippen molar-refractivity contribution in [1.29, 1.82) is 0 Å². The molecule has 1 aromatic carbocycles. The minimum absolute atomic E-state index is 0.0998. The van der Waals surface area contributed by atoms with E-state index in [1.54, 1.807) is 28.6 Å². The van der Waals surface area contributed by atoms with E-state index in [2.05, 4.69) is 12.2 Å². The molecular weight excluding hydrogens is 362 g/mol. The standard InChI is InChI=1S/C20H31N3O3S/c1-17-7-6-12-22(16-17)20(24)15-21-18-8-10-19(11-9-18)27(25,26)23-13-4-2-3-5-14-23/h8-11,17,21H,2-7,12-16H2,1H3/t17-/m0/s1. The van der Waals surface area contributed by atoms with Crippen LogP contribution in [0.2, 0.25) is 0 Å². The Morgan fingerprint density at radius 3 is 2.33 bits per heavy atom. The molecule has 6 nitrogen and oxygen atoms in total. The second kappa shape index (κ2) is 9.06. The first-order valence-electron chi connectivity index (χ1n) is 10.1. The predicted molar refractivity (Wildman–Crippen MR) is 107 cm³/mol. The normalized spacial score (nSPS) is 22.3. The first-order valence-corrected chi connectivity index (χ1v) is 11.5. The van der Waals surface area contributed by atoms with Crippen molar-refractivity contribution in [3.05, 3.63) is 24.3 Å². The molecule has 27 heavy (non-hydrogen) atoms. The fourth-order valence-electron chi connectivity index (χ4n) is 3.88. The van der Waals surface area contributed by atoms with Crippen molar-refractivity contribution in [3.8, 4) is 0 Å². The van der Waals surface area contributed by atoms with Crippen LogP contribution in [0.5, 0.6) is 0 Å². The van der Waals surface area contributed by atoms with Crippen LogP contribution in [-0.4, -0.2) is 56.3 Å². The number of carbonyl (C=O) groups excluding carboxylic acids is 1. The molecule has 1 atom stereocenters. The Balaban J connectivity index is 1.57. The Hall–Kier alpha value is -1.60. The third-order valence-corrected chi connectivity index (χ3v) is 7.42. The molecule has 0 unspecified atom stereocenters. The maximum Gasteiger partial charge on any atom is 0.243 e. The highest BCUT2D eigenvalue weighted by Gasteiger charge is 2.25. The van der Waals surface area contributed by atoms with Crippen molar-refractivity contribution < 1.29 is 13.2 Å². The lowest BCUT2D eigenvalue weighted by molar-refractivity contribution is -0.130. The average molecular weight is 394 g/mol. The summed E-state index contributed by atoms with van der Waals surface area (Å²) in [6, 6.07) is 6.76. The van der Waals surface area contributed by atoms with Crippen molar-refractivity contribution in [2.75, 3.05) is 38.0 Å². The van der Waals surface area contributed by atoms with E-state index in [0.717, 1.165) is 50.9 Å². The van der Waals surface area contributed by atoms with Crippen molar-refractivity contribution >= 4 is 21.6 Å². The quantitative estimate of drug-likeness (QED) is 0.835. The minimum Gasteiger partial charge on any atom is -0.376 e. The summed E-state index contributed by atoms with van der Waals surface area (Å²) in [4.78, 5) is 14.6. The monoisotopic (exact) mass is 393 g/mol. The molecule has 0 aromatic heterocycles. The third-order valence-electron chi connectivity index (χ3n) is 5.51. The van der Waals surface area contributed by atoms with Crippen LogP contribution in [0.1, 0.15) is 45.4 Å². The highest BCUT2D eigenvalue weighted by Crippen LogP contribution is 2.22. The summed E-state index contributed by atoms with van der Waals surface area (Å²) in [6.07, 6.45) is 6.30. The largest absolute Gasteiger partial charge is 0.376 e. The molecule has 3 rings (SSSR count). The number of nitrogens with one attached hydrogen (secondary N) is 1. The van der Waals surface area contributed by atoms with E-state index in [9.17, 15) is 13.2 Å². The number of anilines is 1. The summed E-state index contributed by atoms with van der Waals surface area (Å²) in [7, 11) is -3.43. The molecule has 0 spiro atoms. The molecular formula is C20H31N3O3S. The molecule has 2 saturated heterocycles. The van der Waals surface area contributed by atoms with Crippen LogP contribution in [0.4, 0.5) is 5.69 Å². The number of nitrogens with zero attached hydrogens (tertiary/aromatic N) is 2. The van der Waals surface area contributed by atoms with Crippen molar-refractivity contribution in [2.45, 2.75) is 50.3 Å².